The number of aliphatic imine (C=N–C) groups is 1. The lowest BCUT2D eigenvalue weighted by atomic mass is 10.1. The Labute approximate surface area is 208 Å². The van der Waals surface area contributed by atoms with Crippen molar-refractivity contribution in [2.24, 2.45) is 10.9 Å². The van der Waals surface area contributed by atoms with Crippen LogP contribution in [0.15, 0.2) is 17.1 Å². The van der Waals surface area contributed by atoms with Crippen molar-refractivity contribution in [3.8, 4) is 17.2 Å². The maximum atomic E-state index is 12.7. The van der Waals surface area contributed by atoms with Gasteiger partial charge in [-0.1, -0.05) is 12.8 Å². The van der Waals surface area contributed by atoms with Gasteiger partial charge in [0.15, 0.2) is 17.5 Å². The van der Waals surface area contributed by atoms with Gasteiger partial charge in [-0.2, -0.15) is 0 Å². The molecular formula is C23H37IN4O4. The van der Waals surface area contributed by atoms with Crippen molar-refractivity contribution in [2.45, 2.75) is 51.6 Å². The number of nitrogens with one attached hydrogen (secondary N) is 2. The first-order valence-corrected chi connectivity index (χ1v) is 11.2. The maximum absolute atomic E-state index is 12.7. The lowest BCUT2D eigenvalue weighted by Crippen LogP contribution is -2.45. The Balaban J connectivity index is 0.00000363. The first-order chi connectivity index (χ1) is 15.1. The molecule has 32 heavy (non-hydrogen) atoms. The summed E-state index contributed by atoms with van der Waals surface area (Å²) in [6.07, 6.45) is 5.39. The largest absolute Gasteiger partial charge is 0.496 e. The normalized spacial score (nSPS) is 18.8. The van der Waals surface area contributed by atoms with Crippen LogP contribution < -0.4 is 24.8 Å². The van der Waals surface area contributed by atoms with Gasteiger partial charge in [0.2, 0.25) is 5.91 Å². The molecule has 180 valence electrons. The van der Waals surface area contributed by atoms with Crippen LogP contribution >= 0.6 is 24.0 Å². The number of benzene rings is 1. The molecule has 1 aliphatic heterocycles. The Morgan fingerprint density at radius 3 is 2.34 bits per heavy atom. The van der Waals surface area contributed by atoms with E-state index in [0.717, 1.165) is 50.4 Å². The monoisotopic (exact) mass is 560 g/mol. The zero-order valence-corrected chi connectivity index (χ0v) is 21.9. The summed E-state index contributed by atoms with van der Waals surface area (Å²) < 4.78 is 16.3. The van der Waals surface area contributed by atoms with Crippen LogP contribution in [0, 0.1) is 5.92 Å². The van der Waals surface area contributed by atoms with Gasteiger partial charge in [-0.05, 0) is 32.3 Å². The summed E-state index contributed by atoms with van der Waals surface area (Å²) in [5.74, 6) is 3.27. The topological polar surface area (TPSA) is 84.4 Å². The number of hydrogen-bond acceptors (Lipinski definition) is 5. The molecule has 1 unspecified atom stereocenters. The molecule has 1 saturated heterocycles. The van der Waals surface area contributed by atoms with E-state index in [1.165, 1.54) is 12.8 Å². The van der Waals surface area contributed by atoms with E-state index in [-0.39, 0.29) is 35.9 Å². The van der Waals surface area contributed by atoms with Gasteiger partial charge in [0.1, 0.15) is 5.75 Å². The molecule has 3 rings (SSSR count). The molecular weight excluding hydrogens is 523 g/mol. The molecule has 2 fully saturated rings. The molecule has 0 radical (unpaired) electrons. The Morgan fingerprint density at radius 1 is 1.06 bits per heavy atom. The van der Waals surface area contributed by atoms with E-state index in [9.17, 15) is 4.79 Å². The van der Waals surface area contributed by atoms with Gasteiger partial charge in [-0.15, -0.1) is 24.0 Å². The molecule has 0 spiro atoms. The molecule has 9 heteroatoms. The molecule has 0 aromatic heterocycles. The summed E-state index contributed by atoms with van der Waals surface area (Å²) in [6, 6.07) is 3.91. The molecule has 1 aromatic rings. The first-order valence-electron chi connectivity index (χ1n) is 11.2. The van der Waals surface area contributed by atoms with Gasteiger partial charge < -0.3 is 29.7 Å². The highest BCUT2D eigenvalue weighted by molar-refractivity contribution is 14.0. The molecule has 1 saturated carbocycles. The lowest BCUT2D eigenvalue weighted by molar-refractivity contribution is -0.134. The molecule has 0 bridgehead atoms. The smallest absolute Gasteiger partial charge is 0.225 e. The maximum Gasteiger partial charge on any atom is 0.225 e. The highest BCUT2D eigenvalue weighted by Gasteiger charge is 2.32. The second kappa shape index (κ2) is 13.0. The molecule has 1 aromatic carbocycles. The summed E-state index contributed by atoms with van der Waals surface area (Å²) >= 11 is 0. The fraction of sp³-hybridized carbons (Fsp3) is 0.652. The van der Waals surface area contributed by atoms with Crippen LogP contribution in [-0.4, -0.2) is 63.8 Å². The van der Waals surface area contributed by atoms with Crippen molar-refractivity contribution in [3.05, 3.63) is 17.7 Å². The predicted octanol–water partition coefficient (Wildman–Crippen LogP) is 3.18. The van der Waals surface area contributed by atoms with E-state index in [2.05, 4.69) is 10.6 Å². The quantitative estimate of drug-likeness (QED) is 0.289. The number of methoxy groups -OCH3 is 3. The van der Waals surface area contributed by atoms with Crippen LogP contribution in [0.25, 0.3) is 0 Å². The third-order valence-electron chi connectivity index (χ3n) is 6.08. The minimum atomic E-state index is 0. The standard InChI is InChI=1S/C23H36N4O4.HI/c1-5-24-23(25-14-17-12-20(30-3)21(31-4)13-19(17)29-2)26-18-10-11-27(15-18)22(28)16-8-6-7-9-16;/h12-13,16,18H,5-11,14-15H2,1-4H3,(H2,24,25,26);1H. The van der Waals surface area contributed by atoms with E-state index < -0.39 is 0 Å². The SMILES string of the molecule is CCNC(=NCc1cc(OC)c(OC)cc1OC)NC1CCN(C(=O)C2CCCC2)C1.I. The van der Waals surface area contributed by atoms with E-state index in [1.807, 2.05) is 24.0 Å². The summed E-state index contributed by atoms with van der Waals surface area (Å²) in [5, 5.41) is 6.81. The highest BCUT2D eigenvalue weighted by Crippen LogP contribution is 2.35. The minimum absolute atomic E-state index is 0. The van der Waals surface area contributed by atoms with Crippen LogP contribution in [0.4, 0.5) is 0 Å². The van der Waals surface area contributed by atoms with E-state index in [0.29, 0.717) is 29.7 Å². The minimum Gasteiger partial charge on any atom is -0.496 e. The zero-order valence-electron chi connectivity index (χ0n) is 19.6. The number of guanidine groups is 1. The van der Waals surface area contributed by atoms with Gasteiger partial charge in [0.05, 0.1) is 27.9 Å². The van der Waals surface area contributed by atoms with Crippen molar-refractivity contribution < 1.29 is 19.0 Å². The molecule has 1 aliphatic carbocycles. The Hall–Kier alpha value is -1.91. The van der Waals surface area contributed by atoms with Gasteiger partial charge >= 0.3 is 0 Å². The van der Waals surface area contributed by atoms with E-state index in [1.54, 1.807) is 21.3 Å². The number of halogens is 1. The number of carbonyl (C=O) groups excluding carboxylic acids is 1. The highest BCUT2D eigenvalue weighted by atomic mass is 127. The van der Waals surface area contributed by atoms with Crippen molar-refractivity contribution in [3.63, 3.8) is 0 Å². The van der Waals surface area contributed by atoms with Crippen LogP contribution in [0.5, 0.6) is 17.2 Å². The second-order valence-electron chi connectivity index (χ2n) is 8.11. The van der Waals surface area contributed by atoms with Crippen LogP contribution in [0.3, 0.4) is 0 Å². The average Bonchev–Trinajstić information content (AvgIpc) is 3.49. The number of likely N-dealkylation sites (tertiary alicyclic amines) is 1. The summed E-state index contributed by atoms with van der Waals surface area (Å²) in [7, 11) is 4.85. The molecule has 2 aliphatic rings. The molecule has 2 N–H and O–H groups in total. The van der Waals surface area contributed by atoms with E-state index in [4.69, 9.17) is 19.2 Å². The number of nitrogens with zero attached hydrogens (tertiary/aromatic N) is 2. The molecule has 1 heterocycles. The summed E-state index contributed by atoms with van der Waals surface area (Å²) in [4.78, 5) is 19.5. The molecule has 1 amide bonds. The first kappa shape index (κ1) is 26.3. The number of amides is 1. The fourth-order valence-electron chi connectivity index (χ4n) is 4.40. The molecule has 8 nitrogen and oxygen atoms in total. The third-order valence-corrected chi connectivity index (χ3v) is 6.08. The van der Waals surface area contributed by atoms with Crippen LogP contribution in [-0.2, 0) is 11.3 Å². The summed E-state index contributed by atoms with van der Waals surface area (Å²) in [6.45, 7) is 4.77. The number of rotatable bonds is 8. The Morgan fingerprint density at radius 2 is 1.72 bits per heavy atom. The van der Waals surface area contributed by atoms with Gasteiger partial charge in [0.25, 0.3) is 0 Å². The van der Waals surface area contributed by atoms with Crippen LogP contribution in [0.1, 0.15) is 44.6 Å². The van der Waals surface area contributed by atoms with Crippen molar-refractivity contribution >= 4 is 35.8 Å². The number of ether oxygens (including phenoxy) is 3. The predicted molar refractivity (Wildman–Crippen MR) is 136 cm³/mol. The third kappa shape index (κ3) is 6.55. The van der Waals surface area contributed by atoms with Gasteiger partial charge in [-0.25, -0.2) is 4.99 Å². The van der Waals surface area contributed by atoms with Crippen molar-refractivity contribution in [1.82, 2.24) is 15.5 Å². The van der Waals surface area contributed by atoms with Crippen molar-refractivity contribution in [2.75, 3.05) is 41.0 Å². The van der Waals surface area contributed by atoms with Crippen molar-refractivity contribution in [1.29, 1.82) is 0 Å². The summed E-state index contributed by atoms with van der Waals surface area (Å²) in [5.41, 5.74) is 0.904. The average molecular weight is 560 g/mol. The Kier molecular flexibility index (Phi) is 10.7. The number of hydrogen-bond donors (Lipinski definition) is 2. The zero-order chi connectivity index (χ0) is 22.2. The van der Waals surface area contributed by atoms with Crippen LogP contribution in [0.2, 0.25) is 0 Å². The second-order valence-corrected chi connectivity index (χ2v) is 8.11. The molecule has 1 atom stereocenters. The fourth-order valence-corrected chi connectivity index (χ4v) is 4.40. The lowest BCUT2D eigenvalue weighted by Gasteiger charge is -2.21. The van der Waals surface area contributed by atoms with Gasteiger partial charge in [-0.3, -0.25) is 4.79 Å². The number of carbonyl (C=O) groups is 1. The Bertz CT molecular complexity index is 784. The van der Waals surface area contributed by atoms with Gasteiger partial charge in [0, 0.05) is 43.2 Å². The van der Waals surface area contributed by atoms with E-state index >= 15 is 0 Å².